The number of hydrogen-bond donors (Lipinski definition) is 2. The fourth-order valence-electron chi connectivity index (χ4n) is 0.997. The molecule has 0 fully saturated rings. The Balaban J connectivity index is 3.30. The number of unbranched alkanes of at least 4 members (excludes halogenated alkanes) is 3. The molecule has 0 aliphatic rings. The zero-order chi connectivity index (χ0) is 11.5. The molecule has 0 atom stereocenters. The summed E-state index contributed by atoms with van der Waals surface area (Å²) in [5.41, 5.74) is 0. The summed E-state index contributed by atoms with van der Waals surface area (Å²) in [6, 6.07) is 0. The monoisotopic (exact) mass is 216 g/mol. The van der Waals surface area contributed by atoms with Gasteiger partial charge in [-0.1, -0.05) is 26.2 Å². The number of carbonyl (C=O) groups excluding carboxylic acids is 2. The van der Waals surface area contributed by atoms with Crippen molar-refractivity contribution in [2.45, 2.75) is 32.6 Å². The van der Waals surface area contributed by atoms with Crippen LogP contribution in [-0.4, -0.2) is 32.2 Å². The SMILES string of the molecule is CCCCCCNC(=O)OCC(=O)NC. The summed E-state index contributed by atoms with van der Waals surface area (Å²) in [5, 5.41) is 4.94. The van der Waals surface area contributed by atoms with Crippen LogP contribution in [-0.2, 0) is 9.53 Å². The second-order valence-electron chi connectivity index (χ2n) is 3.24. The fourth-order valence-corrected chi connectivity index (χ4v) is 0.997. The summed E-state index contributed by atoms with van der Waals surface area (Å²) >= 11 is 0. The summed E-state index contributed by atoms with van der Waals surface area (Å²) in [6.07, 6.45) is 3.86. The van der Waals surface area contributed by atoms with Gasteiger partial charge in [0.25, 0.3) is 5.91 Å². The lowest BCUT2D eigenvalue weighted by Gasteiger charge is -2.05. The lowest BCUT2D eigenvalue weighted by atomic mass is 10.2. The highest BCUT2D eigenvalue weighted by molar-refractivity contribution is 5.79. The fraction of sp³-hybridized carbons (Fsp3) is 0.800. The molecule has 0 aromatic rings. The van der Waals surface area contributed by atoms with Crippen LogP contribution < -0.4 is 10.6 Å². The second-order valence-corrected chi connectivity index (χ2v) is 3.24. The molecule has 0 radical (unpaired) electrons. The third kappa shape index (κ3) is 9.05. The number of alkyl carbamates (subject to hydrolysis) is 1. The van der Waals surface area contributed by atoms with Crippen molar-refractivity contribution in [3.05, 3.63) is 0 Å². The van der Waals surface area contributed by atoms with Crippen molar-refractivity contribution in [3.8, 4) is 0 Å². The molecule has 2 amide bonds. The van der Waals surface area contributed by atoms with Gasteiger partial charge in [-0.2, -0.15) is 0 Å². The molecule has 15 heavy (non-hydrogen) atoms. The van der Waals surface area contributed by atoms with Crippen molar-refractivity contribution < 1.29 is 14.3 Å². The first-order valence-corrected chi connectivity index (χ1v) is 5.32. The van der Waals surface area contributed by atoms with Crippen LogP contribution in [0.5, 0.6) is 0 Å². The molecule has 0 unspecified atom stereocenters. The Hall–Kier alpha value is -1.26. The van der Waals surface area contributed by atoms with Crippen LogP contribution in [0.3, 0.4) is 0 Å². The number of ether oxygens (including phenoxy) is 1. The Kier molecular flexibility index (Phi) is 8.52. The Morgan fingerprint density at radius 3 is 2.53 bits per heavy atom. The molecule has 0 spiro atoms. The standard InChI is InChI=1S/C10H20N2O3/c1-3-4-5-6-7-12-10(14)15-8-9(13)11-2/h3-8H2,1-2H3,(H,11,13)(H,12,14). The predicted molar refractivity (Wildman–Crippen MR) is 57.6 cm³/mol. The van der Waals surface area contributed by atoms with Gasteiger partial charge in [0.1, 0.15) is 0 Å². The van der Waals surface area contributed by atoms with Gasteiger partial charge in [0.15, 0.2) is 6.61 Å². The summed E-state index contributed by atoms with van der Waals surface area (Å²) in [6.45, 7) is 2.51. The van der Waals surface area contributed by atoms with Crippen LogP contribution in [0, 0.1) is 0 Å². The maximum Gasteiger partial charge on any atom is 0.407 e. The summed E-state index contributed by atoms with van der Waals surface area (Å²) < 4.78 is 4.64. The van der Waals surface area contributed by atoms with Crippen LogP contribution >= 0.6 is 0 Å². The molecule has 0 aliphatic heterocycles. The van der Waals surface area contributed by atoms with E-state index in [2.05, 4.69) is 22.3 Å². The van der Waals surface area contributed by atoms with Gasteiger partial charge in [-0.25, -0.2) is 4.79 Å². The number of carbonyl (C=O) groups is 2. The van der Waals surface area contributed by atoms with E-state index in [0.29, 0.717) is 6.54 Å². The van der Waals surface area contributed by atoms with E-state index in [1.807, 2.05) is 0 Å². The maximum absolute atomic E-state index is 11.0. The highest BCUT2D eigenvalue weighted by atomic mass is 16.6. The zero-order valence-corrected chi connectivity index (χ0v) is 9.47. The van der Waals surface area contributed by atoms with E-state index >= 15 is 0 Å². The van der Waals surface area contributed by atoms with E-state index in [4.69, 9.17) is 0 Å². The smallest absolute Gasteiger partial charge is 0.407 e. The van der Waals surface area contributed by atoms with E-state index < -0.39 is 6.09 Å². The van der Waals surface area contributed by atoms with Gasteiger partial charge in [-0.3, -0.25) is 4.79 Å². The van der Waals surface area contributed by atoms with Crippen LogP contribution in [0.25, 0.3) is 0 Å². The Morgan fingerprint density at radius 1 is 1.20 bits per heavy atom. The third-order valence-electron chi connectivity index (χ3n) is 1.91. The number of nitrogens with one attached hydrogen (secondary N) is 2. The molecule has 0 saturated heterocycles. The number of hydrogen-bond acceptors (Lipinski definition) is 3. The molecule has 88 valence electrons. The van der Waals surface area contributed by atoms with Crippen molar-refractivity contribution in [1.29, 1.82) is 0 Å². The molecule has 0 heterocycles. The quantitative estimate of drug-likeness (QED) is 0.625. The van der Waals surface area contributed by atoms with Crippen molar-refractivity contribution in [2.24, 2.45) is 0 Å². The highest BCUT2D eigenvalue weighted by Gasteiger charge is 2.03. The first-order chi connectivity index (χ1) is 7.20. The summed E-state index contributed by atoms with van der Waals surface area (Å²) in [4.78, 5) is 21.7. The lowest BCUT2D eigenvalue weighted by molar-refractivity contribution is -0.123. The molecular formula is C10H20N2O3. The van der Waals surface area contributed by atoms with E-state index in [1.54, 1.807) is 0 Å². The van der Waals surface area contributed by atoms with E-state index in [9.17, 15) is 9.59 Å². The molecule has 0 saturated carbocycles. The number of rotatable bonds is 7. The summed E-state index contributed by atoms with van der Waals surface area (Å²) in [7, 11) is 1.49. The van der Waals surface area contributed by atoms with Crippen LogP contribution in [0.15, 0.2) is 0 Å². The van der Waals surface area contributed by atoms with Gasteiger partial charge in [-0.05, 0) is 6.42 Å². The summed E-state index contributed by atoms with van der Waals surface area (Å²) in [5.74, 6) is -0.309. The van der Waals surface area contributed by atoms with Crippen LogP contribution in [0.4, 0.5) is 4.79 Å². The Bertz CT molecular complexity index is 195. The zero-order valence-electron chi connectivity index (χ0n) is 9.47. The van der Waals surface area contributed by atoms with Gasteiger partial charge in [0.05, 0.1) is 0 Å². The molecule has 0 aliphatic carbocycles. The number of likely N-dealkylation sites (N-methyl/N-ethyl adjacent to an activating group) is 1. The van der Waals surface area contributed by atoms with Crippen molar-refractivity contribution in [3.63, 3.8) is 0 Å². The maximum atomic E-state index is 11.0. The third-order valence-corrected chi connectivity index (χ3v) is 1.91. The second kappa shape index (κ2) is 9.30. The van der Waals surface area contributed by atoms with E-state index in [1.165, 1.54) is 19.9 Å². The van der Waals surface area contributed by atoms with Crippen molar-refractivity contribution in [2.75, 3.05) is 20.2 Å². The van der Waals surface area contributed by atoms with Gasteiger partial charge in [0.2, 0.25) is 0 Å². The lowest BCUT2D eigenvalue weighted by Crippen LogP contribution is -2.30. The average Bonchev–Trinajstić information content (AvgIpc) is 2.25. The minimum Gasteiger partial charge on any atom is -0.439 e. The topological polar surface area (TPSA) is 67.4 Å². The molecule has 0 rings (SSSR count). The van der Waals surface area contributed by atoms with Gasteiger partial charge in [0, 0.05) is 13.6 Å². The molecule has 0 aromatic carbocycles. The molecule has 5 nitrogen and oxygen atoms in total. The van der Waals surface area contributed by atoms with Crippen molar-refractivity contribution >= 4 is 12.0 Å². The largest absolute Gasteiger partial charge is 0.439 e. The number of amides is 2. The predicted octanol–water partition coefficient (Wildman–Crippen LogP) is 1.04. The molecule has 5 heteroatoms. The van der Waals surface area contributed by atoms with E-state index in [0.717, 1.165) is 12.8 Å². The average molecular weight is 216 g/mol. The first kappa shape index (κ1) is 13.7. The first-order valence-electron chi connectivity index (χ1n) is 5.32. The minimum atomic E-state index is -0.532. The van der Waals surface area contributed by atoms with Crippen LogP contribution in [0.2, 0.25) is 0 Å². The Morgan fingerprint density at radius 2 is 1.93 bits per heavy atom. The molecular weight excluding hydrogens is 196 g/mol. The van der Waals surface area contributed by atoms with Gasteiger partial charge in [-0.15, -0.1) is 0 Å². The van der Waals surface area contributed by atoms with Gasteiger partial charge >= 0.3 is 6.09 Å². The minimum absolute atomic E-state index is 0.225. The van der Waals surface area contributed by atoms with Crippen LogP contribution in [0.1, 0.15) is 32.6 Å². The highest BCUT2D eigenvalue weighted by Crippen LogP contribution is 1.96. The molecule has 2 N–H and O–H groups in total. The Labute approximate surface area is 90.6 Å². The molecule has 0 bridgehead atoms. The normalized spacial score (nSPS) is 9.47. The van der Waals surface area contributed by atoms with Gasteiger partial charge < -0.3 is 15.4 Å². The van der Waals surface area contributed by atoms with Crippen molar-refractivity contribution in [1.82, 2.24) is 10.6 Å². The molecule has 0 aromatic heterocycles. The van der Waals surface area contributed by atoms with E-state index in [-0.39, 0.29) is 12.5 Å².